The Balaban J connectivity index is 1.80. The van der Waals surface area contributed by atoms with E-state index in [-0.39, 0.29) is 18.9 Å². The number of hydrogen-bond donors (Lipinski definition) is 0. The molecule has 3 aromatic carbocycles. The van der Waals surface area contributed by atoms with Crippen LogP contribution >= 0.6 is 0 Å². The van der Waals surface area contributed by atoms with Gasteiger partial charge in [-0.2, -0.15) is 0 Å². The lowest BCUT2D eigenvalue weighted by atomic mass is 9.99. The monoisotopic (exact) mass is 466 g/mol. The highest BCUT2D eigenvalue weighted by Gasteiger charge is 2.33. The molecule has 1 aromatic heterocycles. The molecule has 6 nitrogen and oxygen atoms in total. The molecule has 35 heavy (non-hydrogen) atoms. The quantitative estimate of drug-likeness (QED) is 0.272. The smallest absolute Gasteiger partial charge is 0.355 e. The molecule has 0 radical (unpaired) electrons. The minimum Gasteiger partial charge on any atom is -0.463 e. The molecule has 1 aliphatic heterocycles. The average molecular weight is 467 g/mol. The van der Waals surface area contributed by atoms with Gasteiger partial charge in [0.15, 0.2) is 0 Å². The molecule has 0 bridgehead atoms. The fraction of sp³-hybridized carbons (Fsp3) is 0.172. The van der Waals surface area contributed by atoms with Gasteiger partial charge in [0.1, 0.15) is 11.9 Å². The molecule has 1 aliphatic rings. The van der Waals surface area contributed by atoms with E-state index in [1.807, 2.05) is 60.8 Å². The summed E-state index contributed by atoms with van der Waals surface area (Å²) in [6, 6.07) is 24.5. The molecule has 0 N–H and O–H groups in total. The summed E-state index contributed by atoms with van der Waals surface area (Å²) in [5, 5.41) is 2.23. The summed E-state index contributed by atoms with van der Waals surface area (Å²) in [7, 11) is 0. The van der Waals surface area contributed by atoms with Gasteiger partial charge < -0.3 is 18.9 Å². The number of ether oxygens (including phenoxy) is 2. The van der Waals surface area contributed by atoms with Gasteiger partial charge in [-0.3, -0.25) is 0 Å². The number of carbonyl (C=O) groups excluding carboxylic acids is 2. The minimum absolute atomic E-state index is 0.114. The Morgan fingerprint density at radius 2 is 1.43 bits per heavy atom. The lowest BCUT2D eigenvalue weighted by Gasteiger charge is -2.37. The van der Waals surface area contributed by atoms with Gasteiger partial charge in [0.2, 0.25) is 0 Å². The highest BCUT2D eigenvalue weighted by molar-refractivity contribution is 6.08. The molecule has 0 saturated carbocycles. The van der Waals surface area contributed by atoms with Crippen molar-refractivity contribution in [3.05, 3.63) is 102 Å². The third-order valence-corrected chi connectivity index (χ3v) is 6.12. The van der Waals surface area contributed by atoms with Crippen LogP contribution in [0.4, 0.5) is 0 Å². The second-order valence-electron chi connectivity index (χ2n) is 8.13. The second kappa shape index (κ2) is 9.50. The molecule has 0 fully saturated rings. The van der Waals surface area contributed by atoms with Crippen LogP contribution in [-0.4, -0.2) is 34.6 Å². The fourth-order valence-electron chi connectivity index (χ4n) is 4.72. The van der Waals surface area contributed by atoms with Crippen molar-refractivity contribution in [2.24, 2.45) is 0 Å². The number of benzene rings is 3. The maximum Gasteiger partial charge on any atom is 0.355 e. The highest BCUT2D eigenvalue weighted by atomic mass is 16.5. The molecule has 0 aliphatic carbocycles. The predicted octanol–water partition coefficient (Wildman–Crippen LogP) is 5.64. The number of esters is 2. The third-order valence-electron chi connectivity index (χ3n) is 6.12. The number of aromatic nitrogens is 1. The van der Waals surface area contributed by atoms with Crippen molar-refractivity contribution in [2.75, 3.05) is 13.2 Å². The number of hydrogen-bond acceptors (Lipinski definition) is 5. The van der Waals surface area contributed by atoms with Crippen LogP contribution in [0.1, 0.15) is 31.1 Å². The predicted molar refractivity (Wildman–Crippen MR) is 136 cm³/mol. The van der Waals surface area contributed by atoms with Crippen molar-refractivity contribution in [3.8, 4) is 0 Å². The van der Waals surface area contributed by atoms with Crippen molar-refractivity contribution < 1.29 is 19.1 Å². The van der Waals surface area contributed by atoms with Gasteiger partial charge in [-0.15, -0.1) is 0 Å². The van der Waals surface area contributed by atoms with Gasteiger partial charge in [-0.25, -0.2) is 9.59 Å². The Labute approximate surface area is 203 Å². The molecule has 0 spiro atoms. The van der Waals surface area contributed by atoms with Gasteiger partial charge in [0.05, 0.1) is 30.3 Å². The number of fused-ring (bicyclic) bond motifs is 4. The first-order chi connectivity index (χ1) is 17.1. The van der Waals surface area contributed by atoms with E-state index in [4.69, 9.17) is 9.47 Å². The van der Waals surface area contributed by atoms with Gasteiger partial charge in [-0.05, 0) is 37.6 Å². The van der Waals surface area contributed by atoms with Crippen LogP contribution in [0.15, 0.2) is 90.8 Å². The largest absolute Gasteiger partial charge is 0.463 e. The molecule has 0 amide bonds. The molecular formula is C29H26N2O4. The molecule has 5 rings (SSSR count). The van der Waals surface area contributed by atoms with Crippen molar-refractivity contribution in [1.29, 1.82) is 0 Å². The number of carbonyl (C=O) groups is 2. The molecule has 1 unspecified atom stereocenters. The third kappa shape index (κ3) is 3.97. The van der Waals surface area contributed by atoms with E-state index in [0.29, 0.717) is 0 Å². The van der Waals surface area contributed by atoms with Gasteiger partial charge in [-0.1, -0.05) is 60.7 Å². The van der Waals surface area contributed by atoms with Crippen LogP contribution in [0.5, 0.6) is 0 Å². The standard InChI is InChI=1S/C29H26N2O4/c1-3-34-27(32)19-26(29(33)35-4-2)30-18-17-20-11-5-6-12-21(20)28(30)31-24-15-9-7-13-22(24)23-14-8-10-16-25(23)31/h5-19,28H,3-4H2,1-2H3/b26-19+. The lowest BCUT2D eigenvalue weighted by Crippen LogP contribution is -2.35. The van der Waals surface area contributed by atoms with Crippen LogP contribution < -0.4 is 0 Å². The van der Waals surface area contributed by atoms with Crippen molar-refractivity contribution in [1.82, 2.24) is 9.47 Å². The summed E-state index contributed by atoms with van der Waals surface area (Å²) in [5.41, 5.74) is 4.19. The highest BCUT2D eigenvalue weighted by Crippen LogP contribution is 2.40. The molecule has 1 atom stereocenters. The Kier molecular flexibility index (Phi) is 6.10. The zero-order chi connectivity index (χ0) is 24.4. The summed E-state index contributed by atoms with van der Waals surface area (Å²) < 4.78 is 12.7. The Morgan fingerprint density at radius 1 is 0.829 bits per heavy atom. The molecule has 4 aromatic rings. The fourth-order valence-corrected chi connectivity index (χ4v) is 4.72. The Morgan fingerprint density at radius 3 is 2.09 bits per heavy atom. The molecule has 0 saturated heterocycles. The maximum absolute atomic E-state index is 13.2. The van der Waals surface area contributed by atoms with E-state index in [1.54, 1.807) is 18.7 Å². The molecule has 2 heterocycles. The van der Waals surface area contributed by atoms with E-state index in [0.717, 1.165) is 32.9 Å². The van der Waals surface area contributed by atoms with Crippen LogP contribution in [-0.2, 0) is 19.1 Å². The minimum atomic E-state index is -0.594. The number of para-hydroxylation sites is 2. The lowest BCUT2D eigenvalue weighted by molar-refractivity contribution is -0.142. The topological polar surface area (TPSA) is 60.8 Å². The van der Waals surface area contributed by atoms with Crippen molar-refractivity contribution >= 4 is 39.8 Å². The second-order valence-corrected chi connectivity index (χ2v) is 8.13. The zero-order valence-corrected chi connectivity index (χ0v) is 19.7. The van der Waals surface area contributed by atoms with Crippen LogP contribution in [0.25, 0.3) is 27.9 Å². The first-order valence-electron chi connectivity index (χ1n) is 11.7. The van der Waals surface area contributed by atoms with E-state index < -0.39 is 18.1 Å². The summed E-state index contributed by atoms with van der Waals surface area (Å²) in [5.74, 6) is -1.18. The summed E-state index contributed by atoms with van der Waals surface area (Å²) in [6.07, 6.45) is 4.56. The van der Waals surface area contributed by atoms with E-state index in [2.05, 4.69) is 28.8 Å². The average Bonchev–Trinajstić information content (AvgIpc) is 3.21. The number of rotatable bonds is 6. The Bertz CT molecular complexity index is 1430. The zero-order valence-electron chi connectivity index (χ0n) is 19.7. The summed E-state index contributed by atoms with van der Waals surface area (Å²) >= 11 is 0. The molecule has 6 heteroatoms. The van der Waals surface area contributed by atoms with E-state index in [9.17, 15) is 9.59 Å². The summed E-state index contributed by atoms with van der Waals surface area (Å²) in [6.45, 7) is 3.87. The van der Waals surface area contributed by atoms with Gasteiger partial charge in [0.25, 0.3) is 0 Å². The van der Waals surface area contributed by atoms with Crippen LogP contribution in [0.2, 0.25) is 0 Å². The van der Waals surface area contributed by atoms with Crippen molar-refractivity contribution in [3.63, 3.8) is 0 Å². The first kappa shape index (κ1) is 22.5. The Hall–Kier alpha value is -4.32. The van der Waals surface area contributed by atoms with Crippen LogP contribution in [0, 0.1) is 0 Å². The van der Waals surface area contributed by atoms with E-state index >= 15 is 0 Å². The van der Waals surface area contributed by atoms with Crippen LogP contribution in [0.3, 0.4) is 0 Å². The first-order valence-corrected chi connectivity index (χ1v) is 11.7. The summed E-state index contributed by atoms with van der Waals surface area (Å²) in [4.78, 5) is 27.5. The van der Waals surface area contributed by atoms with E-state index in [1.165, 1.54) is 6.08 Å². The molecular weight excluding hydrogens is 440 g/mol. The molecule has 176 valence electrons. The van der Waals surface area contributed by atoms with Crippen molar-refractivity contribution in [2.45, 2.75) is 20.0 Å². The maximum atomic E-state index is 13.2. The van der Waals surface area contributed by atoms with Gasteiger partial charge in [0, 0.05) is 22.5 Å². The SMILES string of the molecule is CCOC(=O)/C=C(\C(=O)OCC)N1C=Cc2ccccc2C1n1c2ccccc2c2ccccc21. The number of nitrogens with zero attached hydrogens (tertiary/aromatic N) is 2. The normalized spacial score (nSPS) is 15.3. The van der Waals surface area contributed by atoms with Gasteiger partial charge >= 0.3 is 11.9 Å².